The van der Waals surface area contributed by atoms with Crippen LogP contribution in [0, 0.1) is 0 Å². The molecule has 2 aromatic carbocycles. The molecule has 0 aliphatic heterocycles. The Labute approximate surface area is 161 Å². The fourth-order valence-corrected chi connectivity index (χ4v) is 2.71. The molecule has 1 aromatic heterocycles. The first kappa shape index (κ1) is 17.5. The van der Waals surface area contributed by atoms with E-state index >= 15 is 0 Å². The maximum atomic E-state index is 11.0. The van der Waals surface area contributed by atoms with Gasteiger partial charge in [-0.3, -0.25) is 4.79 Å². The van der Waals surface area contributed by atoms with Crippen LogP contribution in [0.1, 0.15) is 11.1 Å². The molecule has 0 bridgehead atoms. The van der Waals surface area contributed by atoms with E-state index in [1.54, 1.807) is 18.2 Å². The first-order chi connectivity index (χ1) is 12.2. The minimum atomic E-state index is 0.410. The minimum absolute atomic E-state index is 0.410. The fraction of sp³-hybridized carbons (Fsp3) is 0. The topological polar surface area (TPSA) is 52.1 Å². The van der Waals surface area contributed by atoms with Crippen LogP contribution in [0.2, 0.25) is 0 Å². The number of allylic oxidation sites excluding steroid dienone is 1. The van der Waals surface area contributed by atoms with E-state index < -0.39 is 0 Å². The van der Waals surface area contributed by atoms with Gasteiger partial charge in [-0.05, 0) is 69.0 Å². The summed E-state index contributed by atoms with van der Waals surface area (Å²) in [4.78, 5) is 11.0. The first-order valence-electron chi connectivity index (χ1n) is 7.34. The van der Waals surface area contributed by atoms with Crippen LogP contribution in [0.15, 0.2) is 75.8 Å². The summed E-state index contributed by atoms with van der Waals surface area (Å²) in [5.41, 5.74) is 2.73. The largest absolute Gasteiger partial charge is 0.438 e. The molecule has 0 aliphatic rings. The highest BCUT2D eigenvalue weighted by Crippen LogP contribution is 2.27. The minimum Gasteiger partial charge on any atom is -0.438 e. The van der Waals surface area contributed by atoms with Gasteiger partial charge < -0.3 is 4.74 Å². The second-order valence-corrected chi connectivity index (χ2v) is 6.77. The van der Waals surface area contributed by atoms with Crippen LogP contribution in [0.25, 0.3) is 5.57 Å². The van der Waals surface area contributed by atoms with E-state index in [9.17, 15) is 4.79 Å². The lowest BCUT2D eigenvalue weighted by Gasteiger charge is -2.09. The van der Waals surface area contributed by atoms with E-state index in [2.05, 4.69) is 42.1 Å². The van der Waals surface area contributed by atoms with Crippen molar-refractivity contribution >= 4 is 43.7 Å². The average Bonchev–Trinajstić information content (AvgIpc) is 2.63. The van der Waals surface area contributed by atoms with Gasteiger partial charge in [-0.1, -0.05) is 40.2 Å². The highest BCUT2D eigenvalue weighted by Gasteiger charge is 2.06. The van der Waals surface area contributed by atoms with Gasteiger partial charge in [0.2, 0.25) is 5.88 Å². The summed E-state index contributed by atoms with van der Waals surface area (Å²) in [6, 6.07) is 18.8. The molecule has 124 valence electrons. The molecule has 0 amide bonds. The van der Waals surface area contributed by atoms with Crippen molar-refractivity contribution in [2.45, 2.75) is 0 Å². The predicted molar refractivity (Wildman–Crippen MR) is 104 cm³/mol. The Morgan fingerprint density at radius 1 is 0.840 bits per heavy atom. The molecule has 0 unspecified atom stereocenters. The second-order valence-electron chi connectivity index (χ2n) is 5.04. The van der Waals surface area contributed by atoms with Crippen LogP contribution < -0.4 is 4.74 Å². The molecular weight excluding hydrogens is 448 g/mol. The Morgan fingerprint density at radius 3 is 2.04 bits per heavy atom. The molecule has 0 spiro atoms. The summed E-state index contributed by atoms with van der Waals surface area (Å²) in [7, 11) is 0. The van der Waals surface area contributed by atoms with Crippen molar-refractivity contribution in [3.8, 4) is 11.6 Å². The number of nitrogens with zero attached hydrogens (tertiary/aromatic N) is 2. The zero-order valence-corrected chi connectivity index (χ0v) is 16.1. The molecular formula is C19H12Br2N2O2. The Balaban J connectivity index is 1.84. The van der Waals surface area contributed by atoms with Crippen molar-refractivity contribution in [1.82, 2.24) is 10.2 Å². The van der Waals surface area contributed by atoms with Gasteiger partial charge in [0.05, 0.1) is 0 Å². The summed E-state index contributed by atoms with van der Waals surface area (Å²) >= 11 is 6.65. The Morgan fingerprint density at radius 2 is 1.48 bits per heavy atom. The molecule has 0 saturated heterocycles. The Bertz CT molecular complexity index is 890. The molecule has 6 heteroatoms. The highest BCUT2D eigenvalue weighted by molar-refractivity contribution is 9.10. The number of halogens is 2. The molecule has 25 heavy (non-hydrogen) atoms. The van der Waals surface area contributed by atoms with Crippen molar-refractivity contribution in [1.29, 1.82) is 0 Å². The SMILES string of the molecule is O=C/C=C(/c1ccc(Br)cc1)c1ccc(Oc2ccc(Br)nn2)cc1. The van der Waals surface area contributed by atoms with Gasteiger partial charge in [0, 0.05) is 10.5 Å². The van der Waals surface area contributed by atoms with Gasteiger partial charge in [-0.2, -0.15) is 0 Å². The van der Waals surface area contributed by atoms with Gasteiger partial charge >= 0.3 is 0 Å². The maximum Gasteiger partial charge on any atom is 0.238 e. The van der Waals surface area contributed by atoms with Gasteiger partial charge in [0.15, 0.2) is 0 Å². The summed E-state index contributed by atoms with van der Waals surface area (Å²) in [5, 5.41) is 7.82. The van der Waals surface area contributed by atoms with Crippen molar-refractivity contribution in [3.05, 3.63) is 86.9 Å². The van der Waals surface area contributed by atoms with E-state index in [-0.39, 0.29) is 0 Å². The van der Waals surface area contributed by atoms with Crippen LogP contribution in [0.3, 0.4) is 0 Å². The first-order valence-corrected chi connectivity index (χ1v) is 8.93. The van der Waals surface area contributed by atoms with Crippen LogP contribution in [-0.4, -0.2) is 16.5 Å². The molecule has 0 aliphatic carbocycles. The monoisotopic (exact) mass is 458 g/mol. The molecule has 0 radical (unpaired) electrons. The Hall–Kier alpha value is -2.31. The molecule has 1 heterocycles. The lowest BCUT2D eigenvalue weighted by Crippen LogP contribution is -1.92. The number of carbonyl (C=O) groups excluding carboxylic acids is 1. The molecule has 0 fully saturated rings. The molecule has 3 aromatic rings. The fourth-order valence-electron chi connectivity index (χ4n) is 2.24. The van der Waals surface area contributed by atoms with Crippen molar-refractivity contribution in [2.24, 2.45) is 0 Å². The van der Waals surface area contributed by atoms with Crippen LogP contribution >= 0.6 is 31.9 Å². The number of aldehydes is 1. The zero-order valence-electron chi connectivity index (χ0n) is 12.9. The van der Waals surface area contributed by atoms with Gasteiger partial charge in [0.25, 0.3) is 0 Å². The summed E-state index contributed by atoms with van der Waals surface area (Å²) in [5.74, 6) is 1.05. The number of aromatic nitrogens is 2. The van der Waals surface area contributed by atoms with Gasteiger partial charge in [-0.15, -0.1) is 10.2 Å². The highest BCUT2D eigenvalue weighted by atomic mass is 79.9. The number of hydrogen-bond acceptors (Lipinski definition) is 4. The van der Waals surface area contributed by atoms with Gasteiger partial charge in [0.1, 0.15) is 16.6 Å². The van der Waals surface area contributed by atoms with Crippen LogP contribution in [0.5, 0.6) is 11.6 Å². The van der Waals surface area contributed by atoms with E-state index in [0.29, 0.717) is 16.2 Å². The number of ether oxygens (including phenoxy) is 1. The molecule has 0 N–H and O–H groups in total. The lowest BCUT2D eigenvalue weighted by atomic mass is 9.98. The van der Waals surface area contributed by atoms with E-state index in [1.165, 1.54) is 0 Å². The van der Waals surface area contributed by atoms with E-state index in [1.807, 2.05) is 48.5 Å². The summed E-state index contributed by atoms with van der Waals surface area (Å²) in [6.45, 7) is 0. The summed E-state index contributed by atoms with van der Waals surface area (Å²) in [6.07, 6.45) is 2.35. The normalized spacial score (nSPS) is 11.2. The maximum absolute atomic E-state index is 11.0. The summed E-state index contributed by atoms with van der Waals surface area (Å²) < 4.78 is 7.29. The third-order valence-electron chi connectivity index (χ3n) is 3.39. The number of hydrogen-bond donors (Lipinski definition) is 0. The number of carbonyl (C=O) groups is 1. The number of benzene rings is 2. The van der Waals surface area contributed by atoms with E-state index in [4.69, 9.17) is 4.74 Å². The molecule has 0 saturated carbocycles. The lowest BCUT2D eigenvalue weighted by molar-refractivity contribution is -0.104. The van der Waals surface area contributed by atoms with Crippen molar-refractivity contribution < 1.29 is 9.53 Å². The van der Waals surface area contributed by atoms with Crippen LogP contribution in [-0.2, 0) is 4.79 Å². The van der Waals surface area contributed by atoms with Crippen LogP contribution in [0.4, 0.5) is 0 Å². The standard InChI is InChI=1S/C19H12Br2N2O2/c20-15-5-1-13(2-6-15)17(11-12-24)14-3-7-16(8-4-14)25-19-10-9-18(21)22-23-19/h1-12H/b17-11-. The average molecular weight is 460 g/mol. The quantitative estimate of drug-likeness (QED) is 0.377. The Kier molecular flexibility index (Phi) is 5.73. The van der Waals surface area contributed by atoms with Crippen molar-refractivity contribution in [3.63, 3.8) is 0 Å². The van der Waals surface area contributed by atoms with Crippen molar-refractivity contribution in [2.75, 3.05) is 0 Å². The number of rotatable bonds is 5. The zero-order chi connectivity index (χ0) is 17.6. The predicted octanol–water partition coefficient (Wildman–Crippen LogP) is 5.42. The third-order valence-corrected chi connectivity index (χ3v) is 4.34. The third kappa shape index (κ3) is 4.61. The van der Waals surface area contributed by atoms with Gasteiger partial charge in [-0.25, -0.2) is 0 Å². The van der Waals surface area contributed by atoms with E-state index in [0.717, 1.165) is 27.5 Å². The second kappa shape index (κ2) is 8.18. The molecule has 0 atom stereocenters. The smallest absolute Gasteiger partial charge is 0.238 e. The molecule has 3 rings (SSSR count). The molecule has 4 nitrogen and oxygen atoms in total.